The minimum atomic E-state index is -4.37. The minimum absolute atomic E-state index is 0.0799. The maximum absolute atomic E-state index is 15.2. The standard InChI is InChI=1S/C23H30FN4O8P/c1-5-23(19(29)18(24)20(35-23)28-12-11-17(25)26-22(28)31)13-33-37(32,36-16-9-7-6-8-10-16)27-15(4)21(30)34-14(2)3/h5-12,14-15,18-20,29H,1,13H2,2-4H3,(H,27,32)(H2,25,26,31)/t15-,18+,19-,20+,23+,37?/m0/s1. The molecular formula is C23H30FN4O8P. The highest BCUT2D eigenvalue weighted by Gasteiger charge is 2.56. The number of carbonyl (C=O) groups is 1. The van der Waals surface area contributed by atoms with Crippen LogP contribution in [0.5, 0.6) is 5.75 Å². The van der Waals surface area contributed by atoms with Gasteiger partial charge in [-0.2, -0.15) is 10.1 Å². The summed E-state index contributed by atoms with van der Waals surface area (Å²) in [5.74, 6) is -0.655. The van der Waals surface area contributed by atoms with Gasteiger partial charge in [0.2, 0.25) is 0 Å². The molecule has 1 aromatic carbocycles. The van der Waals surface area contributed by atoms with Crippen LogP contribution in [0.3, 0.4) is 0 Å². The Kier molecular flexibility index (Phi) is 8.88. The Morgan fingerprint density at radius 3 is 2.65 bits per heavy atom. The van der Waals surface area contributed by atoms with Crippen molar-refractivity contribution >= 4 is 19.5 Å². The number of alkyl halides is 1. The molecule has 0 aliphatic carbocycles. The molecule has 0 saturated carbocycles. The summed E-state index contributed by atoms with van der Waals surface area (Å²) in [5.41, 5.74) is 2.63. The molecule has 14 heteroatoms. The fourth-order valence-electron chi connectivity index (χ4n) is 3.48. The number of nitrogen functional groups attached to an aromatic ring is 1. The summed E-state index contributed by atoms with van der Waals surface area (Å²) in [6.07, 6.45) is -3.80. The number of halogens is 1. The van der Waals surface area contributed by atoms with Crippen LogP contribution in [0, 0.1) is 0 Å². The molecule has 3 rings (SSSR count). The second kappa shape index (κ2) is 11.5. The van der Waals surface area contributed by atoms with E-state index in [2.05, 4.69) is 16.7 Å². The van der Waals surface area contributed by atoms with Gasteiger partial charge in [0.25, 0.3) is 0 Å². The average molecular weight is 540 g/mol. The van der Waals surface area contributed by atoms with Crippen molar-refractivity contribution in [2.24, 2.45) is 0 Å². The number of nitrogens with two attached hydrogens (primary N) is 1. The minimum Gasteiger partial charge on any atom is -0.462 e. The largest absolute Gasteiger partial charge is 0.462 e. The first kappa shape index (κ1) is 28.5. The third kappa shape index (κ3) is 6.62. The van der Waals surface area contributed by atoms with Crippen molar-refractivity contribution in [1.82, 2.24) is 14.6 Å². The van der Waals surface area contributed by atoms with E-state index in [-0.39, 0.29) is 11.6 Å². The summed E-state index contributed by atoms with van der Waals surface area (Å²) in [4.78, 5) is 28.1. The van der Waals surface area contributed by atoms with Crippen molar-refractivity contribution in [1.29, 1.82) is 0 Å². The van der Waals surface area contributed by atoms with E-state index in [0.29, 0.717) is 0 Å². The summed E-state index contributed by atoms with van der Waals surface area (Å²) < 4.78 is 51.6. The number of hydrogen-bond donors (Lipinski definition) is 3. The van der Waals surface area contributed by atoms with Crippen LogP contribution in [-0.2, 0) is 23.4 Å². The van der Waals surface area contributed by atoms with Gasteiger partial charge < -0.3 is 24.8 Å². The molecule has 0 bridgehead atoms. The van der Waals surface area contributed by atoms with Crippen LogP contribution in [0.15, 0.2) is 60.0 Å². The van der Waals surface area contributed by atoms with Crippen molar-refractivity contribution in [2.75, 3.05) is 12.3 Å². The zero-order chi connectivity index (χ0) is 27.4. The molecule has 1 saturated heterocycles. The molecule has 0 radical (unpaired) electrons. The lowest BCUT2D eigenvalue weighted by molar-refractivity contribution is -0.149. The van der Waals surface area contributed by atoms with Crippen LogP contribution in [0.2, 0.25) is 0 Å². The van der Waals surface area contributed by atoms with Gasteiger partial charge in [-0.25, -0.2) is 13.8 Å². The molecule has 1 aliphatic rings. The normalized spacial score (nSPS) is 25.8. The number of rotatable bonds is 11. The first-order chi connectivity index (χ1) is 17.4. The smallest absolute Gasteiger partial charge is 0.459 e. The summed E-state index contributed by atoms with van der Waals surface area (Å²) in [7, 11) is -4.37. The maximum atomic E-state index is 15.2. The van der Waals surface area contributed by atoms with Crippen molar-refractivity contribution in [2.45, 2.75) is 57.0 Å². The molecule has 1 aromatic heterocycles. The van der Waals surface area contributed by atoms with Gasteiger partial charge in [-0.05, 0) is 39.0 Å². The number of aliphatic hydroxyl groups is 1. The van der Waals surface area contributed by atoms with E-state index in [1.807, 2.05) is 0 Å². The van der Waals surface area contributed by atoms with Gasteiger partial charge in [0.05, 0.1) is 12.7 Å². The molecule has 2 heterocycles. The number of esters is 1. The quantitative estimate of drug-likeness (QED) is 0.217. The van der Waals surface area contributed by atoms with Gasteiger partial charge in [0.15, 0.2) is 12.4 Å². The number of aromatic nitrogens is 2. The number of anilines is 1. The van der Waals surface area contributed by atoms with E-state index in [9.17, 15) is 19.3 Å². The average Bonchev–Trinajstić information content (AvgIpc) is 3.08. The van der Waals surface area contributed by atoms with Crippen LogP contribution < -0.4 is 21.0 Å². The zero-order valence-corrected chi connectivity index (χ0v) is 21.4. The maximum Gasteiger partial charge on any atom is 0.459 e. The third-order valence-electron chi connectivity index (χ3n) is 5.37. The molecular weight excluding hydrogens is 510 g/mol. The second-order valence-electron chi connectivity index (χ2n) is 8.61. The lowest BCUT2D eigenvalue weighted by atomic mass is 9.97. The highest BCUT2D eigenvalue weighted by Crippen LogP contribution is 2.48. The van der Waals surface area contributed by atoms with Gasteiger partial charge in [-0.3, -0.25) is 13.9 Å². The van der Waals surface area contributed by atoms with E-state index in [0.717, 1.165) is 10.6 Å². The molecule has 1 unspecified atom stereocenters. The van der Waals surface area contributed by atoms with Crippen LogP contribution in [0.4, 0.5) is 10.2 Å². The van der Waals surface area contributed by atoms with E-state index in [1.165, 1.54) is 31.3 Å². The Hall–Kier alpha value is -3.09. The zero-order valence-electron chi connectivity index (χ0n) is 20.5. The van der Waals surface area contributed by atoms with E-state index in [1.54, 1.807) is 32.0 Å². The molecule has 202 valence electrons. The van der Waals surface area contributed by atoms with E-state index < -0.39 is 62.3 Å². The summed E-state index contributed by atoms with van der Waals surface area (Å²) in [6.45, 7) is 7.56. The van der Waals surface area contributed by atoms with Crippen molar-refractivity contribution in [3.63, 3.8) is 0 Å². The Bertz CT molecular complexity index is 1210. The number of nitrogens with one attached hydrogen (secondary N) is 1. The van der Waals surface area contributed by atoms with Crippen molar-refractivity contribution in [3.05, 3.63) is 65.7 Å². The Labute approximate surface area is 212 Å². The van der Waals surface area contributed by atoms with Crippen molar-refractivity contribution < 1.29 is 37.4 Å². The van der Waals surface area contributed by atoms with E-state index in [4.69, 9.17) is 24.3 Å². The first-order valence-electron chi connectivity index (χ1n) is 11.4. The summed E-state index contributed by atoms with van der Waals surface area (Å²) in [6, 6.07) is 8.11. The molecule has 1 aliphatic heterocycles. The Balaban J connectivity index is 1.86. The SMILES string of the molecule is C=C[C@]1(COP(=O)(N[C@@H](C)C(=O)OC(C)C)Oc2ccccc2)O[C@@H](n2ccc(N)nc2=O)[C@H](F)[C@@H]1O. The summed E-state index contributed by atoms with van der Waals surface area (Å²) >= 11 is 0. The third-order valence-corrected chi connectivity index (χ3v) is 7.00. The molecule has 2 aromatic rings. The molecule has 6 atom stereocenters. The van der Waals surface area contributed by atoms with Crippen molar-refractivity contribution in [3.8, 4) is 5.75 Å². The highest BCUT2D eigenvalue weighted by molar-refractivity contribution is 7.52. The second-order valence-corrected chi connectivity index (χ2v) is 10.3. The van der Waals surface area contributed by atoms with Crippen LogP contribution in [0.25, 0.3) is 0 Å². The number of benzene rings is 1. The van der Waals surface area contributed by atoms with Gasteiger partial charge in [-0.15, -0.1) is 6.58 Å². The molecule has 12 nitrogen and oxygen atoms in total. The predicted molar refractivity (Wildman–Crippen MR) is 131 cm³/mol. The first-order valence-corrected chi connectivity index (χ1v) is 12.9. The number of para-hydroxylation sites is 1. The number of ether oxygens (including phenoxy) is 2. The number of carbonyl (C=O) groups excluding carboxylic acids is 1. The number of hydrogen-bond acceptors (Lipinski definition) is 10. The van der Waals surface area contributed by atoms with Gasteiger partial charge in [-0.1, -0.05) is 24.3 Å². The van der Waals surface area contributed by atoms with Crippen LogP contribution in [0.1, 0.15) is 27.0 Å². The van der Waals surface area contributed by atoms with Crippen LogP contribution in [-0.4, -0.2) is 57.3 Å². The number of aliphatic hydroxyl groups excluding tert-OH is 1. The Morgan fingerprint density at radius 1 is 1.38 bits per heavy atom. The molecule has 1 fully saturated rings. The van der Waals surface area contributed by atoms with E-state index >= 15 is 4.39 Å². The fourth-order valence-corrected chi connectivity index (χ4v) is 5.01. The monoisotopic (exact) mass is 540 g/mol. The lowest BCUT2D eigenvalue weighted by Crippen LogP contribution is -2.45. The molecule has 0 spiro atoms. The molecule has 4 N–H and O–H groups in total. The predicted octanol–water partition coefficient (Wildman–Crippen LogP) is 2.11. The van der Waals surface area contributed by atoms with Crippen LogP contribution >= 0.6 is 7.75 Å². The fraction of sp³-hybridized carbons (Fsp3) is 0.435. The topological polar surface area (TPSA) is 164 Å². The van der Waals surface area contributed by atoms with Gasteiger partial charge in [0, 0.05) is 6.20 Å². The summed E-state index contributed by atoms with van der Waals surface area (Å²) in [5, 5.41) is 13.2. The molecule has 37 heavy (non-hydrogen) atoms. The Morgan fingerprint density at radius 2 is 2.05 bits per heavy atom. The molecule has 0 amide bonds. The van der Waals surface area contributed by atoms with Gasteiger partial charge >= 0.3 is 19.4 Å². The lowest BCUT2D eigenvalue weighted by Gasteiger charge is -2.30. The number of nitrogens with zero attached hydrogens (tertiary/aromatic N) is 2. The highest BCUT2D eigenvalue weighted by atomic mass is 31.2. The van der Waals surface area contributed by atoms with Gasteiger partial charge in [0.1, 0.15) is 29.3 Å².